The SMILES string of the molecule is CC(=O)OC1CCCC2CCCCC21.CC(=O)OC1CCCC2CCCCC21. The minimum atomic E-state index is -0.0961. The van der Waals surface area contributed by atoms with Gasteiger partial charge in [0.2, 0.25) is 0 Å². The van der Waals surface area contributed by atoms with Crippen molar-refractivity contribution in [3.63, 3.8) is 0 Å². The van der Waals surface area contributed by atoms with Crippen molar-refractivity contribution in [2.75, 3.05) is 0 Å². The summed E-state index contributed by atoms with van der Waals surface area (Å²) in [6, 6.07) is 0. The molecule has 4 nitrogen and oxygen atoms in total. The van der Waals surface area contributed by atoms with Crippen molar-refractivity contribution in [1.29, 1.82) is 0 Å². The Morgan fingerprint density at radius 2 is 0.893 bits per heavy atom. The summed E-state index contributed by atoms with van der Waals surface area (Å²) in [4.78, 5) is 21.9. The summed E-state index contributed by atoms with van der Waals surface area (Å²) in [5.41, 5.74) is 0. The van der Waals surface area contributed by atoms with Crippen molar-refractivity contribution in [2.45, 2.75) is 116 Å². The minimum Gasteiger partial charge on any atom is -0.462 e. The predicted molar refractivity (Wildman–Crippen MR) is 110 cm³/mol. The van der Waals surface area contributed by atoms with E-state index >= 15 is 0 Å². The molecule has 4 saturated carbocycles. The molecule has 4 aliphatic rings. The lowest BCUT2D eigenvalue weighted by Gasteiger charge is -2.40. The second-order valence-corrected chi connectivity index (χ2v) is 9.57. The third kappa shape index (κ3) is 5.97. The molecule has 0 radical (unpaired) electrons. The summed E-state index contributed by atoms with van der Waals surface area (Å²) in [7, 11) is 0. The van der Waals surface area contributed by atoms with E-state index in [1.54, 1.807) is 0 Å². The lowest BCUT2D eigenvalue weighted by Crippen LogP contribution is -2.37. The summed E-state index contributed by atoms with van der Waals surface area (Å²) >= 11 is 0. The van der Waals surface area contributed by atoms with E-state index in [9.17, 15) is 9.59 Å². The van der Waals surface area contributed by atoms with Crippen LogP contribution in [-0.2, 0) is 19.1 Å². The number of esters is 2. The van der Waals surface area contributed by atoms with Crippen molar-refractivity contribution >= 4 is 11.9 Å². The Morgan fingerprint density at radius 1 is 0.536 bits per heavy atom. The standard InChI is InChI=1S/2C12H20O2/c2*1-9(13)14-12-8-4-6-10-5-2-3-7-11(10)12/h2*10-12H,2-8H2,1H3. The van der Waals surface area contributed by atoms with Crippen molar-refractivity contribution in [2.24, 2.45) is 23.7 Å². The van der Waals surface area contributed by atoms with Crippen LogP contribution in [0.5, 0.6) is 0 Å². The van der Waals surface area contributed by atoms with E-state index in [0.29, 0.717) is 11.8 Å². The number of carbonyl (C=O) groups is 2. The first-order valence-electron chi connectivity index (χ1n) is 11.9. The van der Waals surface area contributed by atoms with Gasteiger partial charge in [0, 0.05) is 13.8 Å². The van der Waals surface area contributed by atoms with Crippen molar-refractivity contribution in [3.05, 3.63) is 0 Å². The Morgan fingerprint density at radius 3 is 1.29 bits per heavy atom. The first-order chi connectivity index (χ1) is 13.5. The molecule has 6 unspecified atom stereocenters. The van der Waals surface area contributed by atoms with Gasteiger partial charge in [-0.3, -0.25) is 9.59 Å². The highest BCUT2D eigenvalue weighted by molar-refractivity contribution is 5.66. The molecular formula is C24H40O4. The molecule has 0 aromatic rings. The van der Waals surface area contributed by atoms with Gasteiger partial charge in [0.1, 0.15) is 12.2 Å². The lowest BCUT2D eigenvalue weighted by atomic mass is 9.69. The van der Waals surface area contributed by atoms with Gasteiger partial charge in [-0.05, 0) is 75.0 Å². The molecule has 0 aromatic carbocycles. The fourth-order valence-electron chi connectivity index (χ4n) is 6.48. The van der Waals surface area contributed by atoms with Crippen LogP contribution in [0.1, 0.15) is 104 Å². The highest BCUT2D eigenvalue weighted by Crippen LogP contribution is 2.42. The quantitative estimate of drug-likeness (QED) is 0.556. The highest BCUT2D eigenvalue weighted by Gasteiger charge is 2.37. The molecule has 0 saturated heterocycles. The van der Waals surface area contributed by atoms with Crippen LogP contribution in [0.4, 0.5) is 0 Å². The molecule has 4 aliphatic carbocycles. The van der Waals surface area contributed by atoms with Gasteiger partial charge in [0.15, 0.2) is 0 Å². The summed E-state index contributed by atoms with van der Waals surface area (Å²) in [5.74, 6) is 2.87. The van der Waals surface area contributed by atoms with E-state index in [1.165, 1.54) is 90.9 Å². The lowest BCUT2D eigenvalue weighted by molar-refractivity contribution is -0.154. The molecule has 0 heterocycles. The molecule has 28 heavy (non-hydrogen) atoms. The Labute approximate surface area is 171 Å². The van der Waals surface area contributed by atoms with Gasteiger partial charge in [-0.2, -0.15) is 0 Å². The Bertz CT molecular complexity index is 467. The maximum absolute atomic E-state index is 11.0. The van der Waals surface area contributed by atoms with Crippen LogP contribution < -0.4 is 0 Å². The average molecular weight is 393 g/mol. The first-order valence-corrected chi connectivity index (χ1v) is 11.9. The van der Waals surface area contributed by atoms with Gasteiger partial charge >= 0.3 is 11.9 Å². The zero-order chi connectivity index (χ0) is 19.9. The van der Waals surface area contributed by atoms with Crippen molar-refractivity contribution in [1.82, 2.24) is 0 Å². The van der Waals surface area contributed by atoms with E-state index in [1.807, 2.05) is 0 Å². The smallest absolute Gasteiger partial charge is 0.302 e. The first kappa shape index (κ1) is 21.6. The Hall–Kier alpha value is -1.06. The van der Waals surface area contributed by atoms with Gasteiger partial charge in [-0.1, -0.05) is 38.5 Å². The van der Waals surface area contributed by atoms with Crippen LogP contribution in [0.15, 0.2) is 0 Å². The predicted octanol–water partition coefficient (Wildman–Crippen LogP) is 5.82. The molecule has 160 valence electrons. The monoisotopic (exact) mass is 392 g/mol. The molecule has 0 bridgehead atoms. The van der Waals surface area contributed by atoms with Crippen LogP contribution in [0, 0.1) is 23.7 Å². The fourth-order valence-corrected chi connectivity index (χ4v) is 6.48. The third-order valence-corrected chi connectivity index (χ3v) is 7.65. The molecule has 0 aromatic heterocycles. The minimum absolute atomic E-state index is 0.0961. The van der Waals surface area contributed by atoms with Crippen LogP contribution in [0.2, 0.25) is 0 Å². The molecular weight excluding hydrogens is 352 g/mol. The van der Waals surface area contributed by atoms with Gasteiger partial charge in [0.05, 0.1) is 0 Å². The van der Waals surface area contributed by atoms with Crippen LogP contribution in [0.3, 0.4) is 0 Å². The molecule has 0 amide bonds. The molecule has 0 aliphatic heterocycles. The van der Waals surface area contributed by atoms with Crippen LogP contribution in [0.25, 0.3) is 0 Å². The Kier molecular flexibility index (Phi) is 8.23. The van der Waals surface area contributed by atoms with Crippen molar-refractivity contribution < 1.29 is 19.1 Å². The summed E-state index contributed by atoms with van der Waals surface area (Å²) in [5, 5.41) is 0. The molecule has 6 atom stereocenters. The van der Waals surface area contributed by atoms with E-state index < -0.39 is 0 Å². The highest BCUT2D eigenvalue weighted by atomic mass is 16.5. The number of fused-ring (bicyclic) bond motifs is 2. The fraction of sp³-hybridized carbons (Fsp3) is 0.917. The summed E-state index contributed by atoms with van der Waals surface area (Å²) in [6.45, 7) is 3.07. The van der Waals surface area contributed by atoms with Gasteiger partial charge in [-0.15, -0.1) is 0 Å². The van der Waals surface area contributed by atoms with Gasteiger partial charge in [0.25, 0.3) is 0 Å². The number of ether oxygens (including phenoxy) is 2. The zero-order valence-electron chi connectivity index (χ0n) is 18.0. The third-order valence-electron chi connectivity index (χ3n) is 7.65. The zero-order valence-corrected chi connectivity index (χ0v) is 18.0. The van der Waals surface area contributed by atoms with E-state index in [2.05, 4.69) is 0 Å². The largest absolute Gasteiger partial charge is 0.462 e. The Balaban J connectivity index is 0.000000161. The molecule has 4 fully saturated rings. The maximum Gasteiger partial charge on any atom is 0.302 e. The maximum atomic E-state index is 11.0. The van der Waals surface area contributed by atoms with Gasteiger partial charge in [-0.25, -0.2) is 0 Å². The summed E-state index contributed by atoms with van der Waals surface area (Å²) < 4.78 is 10.8. The molecule has 0 spiro atoms. The molecule has 4 heteroatoms. The topological polar surface area (TPSA) is 52.6 Å². The number of hydrogen-bond donors (Lipinski definition) is 0. The molecule has 0 N–H and O–H groups in total. The second-order valence-electron chi connectivity index (χ2n) is 9.57. The van der Waals surface area contributed by atoms with Crippen LogP contribution >= 0.6 is 0 Å². The molecule has 4 rings (SSSR count). The number of carbonyl (C=O) groups excluding carboxylic acids is 2. The van der Waals surface area contributed by atoms with E-state index in [0.717, 1.165) is 24.7 Å². The second kappa shape index (κ2) is 10.6. The van der Waals surface area contributed by atoms with E-state index in [-0.39, 0.29) is 24.1 Å². The van der Waals surface area contributed by atoms with Crippen molar-refractivity contribution in [3.8, 4) is 0 Å². The van der Waals surface area contributed by atoms with E-state index in [4.69, 9.17) is 9.47 Å². The van der Waals surface area contributed by atoms with Gasteiger partial charge < -0.3 is 9.47 Å². The number of rotatable bonds is 2. The average Bonchev–Trinajstić information content (AvgIpc) is 2.68. The number of hydrogen-bond acceptors (Lipinski definition) is 4. The van der Waals surface area contributed by atoms with Crippen LogP contribution in [-0.4, -0.2) is 24.1 Å². The summed E-state index contributed by atoms with van der Waals surface area (Å²) in [6.07, 6.45) is 18.6. The normalized spacial score (nSPS) is 37.4.